The molecule has 0 N–H and O–H groups in total. The van der Waals surface area contributed by atoms with Crippen LogP contribution in [0.5, 0.6) is 0 Å². The van der Waals surface area contributed by atoms with Crippen LogP contribution in [0.3, 0.4) is 0 Å². The fourth-order valence-corrected chi connectivity index (χ4v) is 4.06. The Kier molecular flexibility index (Phi) is 5.61. The van der Waals surface area contributed by atoms with E-state index in [2.05, 4.69) is 19.9 Å². The SMILES string of the molecule is Cc1ncc(S(C)(=O)=O)c(-c2cc(N3CCOCC3)nc(N3CCOCC3)n2)n1. The molecule has 2 aliphatic heterocycles. The van der Waals surface area contributed by atoms with Crippen molar-refractivity contribution >= 4 is 21.6 Å². The first kappa shape index (κ1) is 19.9. The number of rotatable bonds is 4. The van der Waals surface area contributed by atoms with Crippen LogP contribution in [-0.2, 0) is 19.3 Å². The number of sulfone groups is 1. The third-order valence-corrected chi connectivity index (χ3v) is 5.95. The maximum atomic E-state index is 12.3. The van der Waals surface area contributed by atoms with Crippen LogP contribution in [0.2, 0.25) is 0 Å². The zero-order valence-electron chi connectivity index (χ0n) is 16.5. The summed E-state index contributed by atoms with van der Waals surface area (Å²) in [6, 6.07) is 1.80. The van der Waals surface area contributed by atoms with Crippen LogP contribution in [0.4, 0.5) is 11.8 Å². The molecule has 11 heteroatoms. The highest BCUT2D eigenvalue weighted by Crippen LogP contribution is 2.29. The predicted octanol–water partition coefficient (Wildman–Crippen LogP) is 0.319. The van der Waals surface area contributed by atoms with Gasteiger partial charge in [-0.05, 0) is 6.92 Å². The lowest BCUT2D eigenvalue weighted by Crippen LogP contribution is -2.39. The largest absolute Gasteiger partial charge is 0.378 e. The molecule has 0 radical (unpaired) electrons. The first-order chi connectivity index (χ1) is 13.9. The van der Waals surface area contributed by atoms with Crippen molar-refractivity contribution in [2.75, 3.05) is 68.7 Å². The van der Waals surface area contributed by atoms with Gasteiger partial charge in [-0.2, -0.15) is 4.98 Å². The molecule has 2 saturated heterocycles. The normalized spacial score (nSPS) is 18.1. The van der Waals surface area contributed by atoms with Gasteiger partial charge in [-0.15, -0.1) is 0 Å². The van der Waals surface area contributed by atoms with Crippen molar-refractivity contribution in [1.29, 1.82) is 0 Å². The molecule has 0 unspecified atom stereocenters. The van der Waals surface area contributed by atoms with Crippen molar-refractivity contribution in [3.63, 3.8) is 0 Å². The number of aryl methyl sites for hydroxylation is 1. The summed E-state index contributed by atoms with van der Waals surface area (Å²) in [7, 11) is -3.53. The van der Waals surface area contributed by atoms with Gasteiger partial charge in [0, 0.05) is 44.7 Å². The van der Waals surface area contributed by atoms with E-state index in [1.54, 1.807) is 13.0 Å². The van der Waals surface area contributed by atoms with Crippen molar-refractivity contribution in [3.8, 4) is 11.4 Å². The van der Waals surface area contributed by atoms with E-state index in [0.29, 0.717) is 75.8 Å². The standard InChI is InChI=1S/C18H24N6O4S/c1-13-19-12-15(29(2,25)26)17(20-13)14-11-16(23-3-7-27-8-4-23)22-18(21-14)24-5-9-28-10-6-24/h11-12H,3-10H2,1-2H3. The maximum Gasteiger partial charge on any atom is 0.228 e. The van der Waals surface area contributed by atoms with E-state index in [1.165, 1.54) is 6.20 Å². The molecule has 2 aliphatic rings. The molecule has 0 saturated carbocycles. The van der Waals surface area contributed by atoms with Crippen LogP contribution in [0.1, 0.15) is 5.82 Å². The number of aromatic nitrogens is 4. The summed E-state index contributed by atoms with van der Waals surface area (Å²) >= 11 is 0. The third kappa shape index (κ3) is 4.46. The average Bonchev–Trinajstić information content (AvgIpc) is 2.74. The zero-order valence-corrected chi connectivity index (χ0v) is 17.4. The van der Waals surface area contributed by atoms with Crippen LogP contribution in [0.15, 0.2) is 17.2 Å². The Bertz CT molecular complexity index is 952. The van der Waals surface area contributed by atoms with Crippen molar-refractivity contribution < 1.29 is 17.9 Å². The fraction of sp³-hybridized carbons (Fsp3) is 0.556. The number of ether oxygens (including phenoxy) is 2. The smallest absolute Gasteiger partial charge is 0.228 e. The van der Waals surface area contributed by atoms with Gasteiger partial charge in [-0.1, -0.05) is 0 Å². The first-order valence-corrected chi connectivity index (χ1v) is 11.4. The van der Waals surface area contributed by atoms with Crippen molar-refractivity contribution in [2.45, 2.75) is 11.8 Å². The second-order valence-corrected chi connectivity index (χ2v) is 9.00. The van der Waals surface area contributed by atoms with Gasteiger partial charge in [0.05, 0.1) is 32.1 Å². The van der Waals surface area contributed by atoms with Gasteiger partial charge < -0.3 is 19.3 Å². The van der Waals surface area contributed by atoms with Gasteiger partial charge in [0.25, 0.3) is 0 Å². The molecule has 2 aromatic rings. The summed E-state index contributed by atoms with van der Waals surface area (Å²) in [6.07, 6.45) is 2.50. The van der Waals surface area contributed by atoms with Gasteiger partial charge in [0.2, 0.25) is 5.95 Å². The molecular weight excluding hydrogens is 396 g/mol. The van der Waals surface area contributed by atoms with Crippen LogP contribution in [-0.4, -0.2) is 87.2 Å². The summed E-state index contributed by atoms with van der Waals surface area (Å²) in [5.74, 6) is 1.75. The Hall–Kier alpha value is -2.37. The molecule has 29 heavy (non-hydrogen) atoms. The van der Waals surface area contributed by atoms with Crippen LogP contribution >= 0.6 is 0 Å². The van der Waals surface area contributed by atoms with Crippen molar-refractivity contribution in [2.24, 2.45) is 0 Å². The molecule has 0 amide bonds. The molecule has 0 aromatic carbocycles. The van der Waals surface area contributed by atoms with Gasteiger partial charge in [0.1, 0.15) is 22.2 Å². The van der Waals surface area contributed by atoms with Gasteiger partial charge in [-0.3, -0.25) is 0 Å². The van der Waals surface area contributed by atoms with Crippen LogP contribution < -0.4 is 9.80 Å². The second kappa shape index (κ2) is 8.17. The number of anilines is 2. The molecule has 0 aliphatic carbocycles. The van der Waals surface area contributed by atoms with E-state index in [9.17, 15) is 8.42 Å². The number of morpholine rings is 2. The Labute approximate surface area is 169 Å². The molecule has 0 atom stereocenters. The summed E-state index contributed by atoms with van der Waals surface area (Å²) in [4.78, 5) is 22.1. The lowest BCUT2D eigenvalue weighted by Gasteiger charge is -2.31. The van der Waals surface area contributed by atoms with Gasteiger partial charge in [0.15, 0.2) is 9.84 Å². The maximum absolute atomic E-state index is 12.3. The van der Waals surface area contributed by atoms with E-state index in [4.69, 9.17) is 14.5 Å². The quantitative estimate of drug-likeness (QED) is 0.685. The summed E-state index contributed by atoms with van der Waals surface area (Å²) in [6.45, 7) is 6.93. The highest BCUT2D eigenvalue weighted by atomic mass is 32.2. The molecular formula is C18H24N6O4S. The first-order valence-electron chi connectivity index (χ1n) is 9.50. The lowest BCUT2D eigenvalue weighted by atomic mass is 10.2. The summed E-state index contributed by atoms with van der Waals surface area (Å²) < 4.78 is 35.6. The molecule has 2 fully saturated rings. The molecule has 0 bridgehead atoms. The van der Waals surface area contributed by atoms with E-state index >= 15 is 0 Å². The van der Waals surface area contributed by atoms with Gasteiger partial charge in [-0.25, -0.2) is 23.4 Å². The number of nitrogens with zero attached hydrogens (tertiary/aromatic N) is 6. The highest BCUT2D eigenvalue weighted by Gasteiger charge is 2.24. The monoisotopic (exact) mass is 420 g/mol. The van der Waals surface area contributed by atoms with E-state index < -0.39 is 9.84 Å². The number of hydrogen-bond acceptors (Lipinski definition) is 10. The minimum Gasteiger partial charge on any atom is -0.378 e. The minimum atomic E-state index is -3.53. The Morgan fingerprint density at radius 1 is 0.931 bits per heavy atom. The second-order valence-electron chi connectivity index (χ2n) is 7.01. The molecule has 156 valence electrons. The minimum absolute atomic E-state index is 0.0580. The highest BCUT2D eigenvalue weighted by molar-refractivity contribution is 7.90. The molecule has 4 heterocycles. The molecule has 4 rings (SSSR count). The van der Waals surface area contributed by atoms with Crippen LogP contribution in [0, 0.1) is 6.92 Å². The number of hydrogen-bond donors (Lipinski definition) is 0. The van der Waals surface area contributed by atoms with Gasteiger partial charge >= 0.3 is 0 Å². The van der Waals surface area contributed by atoms with Crippen LogP contribution in [0.25, 0.3) is 11.4 Å². The van der Waals surface area contributed by atoms with E-state index in [1.807, 2.05) is 4.90 Å². The third-order valence-electron chi connectivity index (χ3n) is 4.85. The molecule has 0 spiro atoms. The topological polar surface area (TPSA) is 111 Å². The predicted molar refractivity (Wildman–Crippen MR) is 107 cm³/mol. The van der Waals surface area contributed by atoms with Crippen molar-refractivity contribution in [3.05, 3.63) is 18.1 Å². The Morgan fingerprint density at radius 3 is 2.17 bits per heavy atom. The zero-order chi connectivity index (χ0) is 20.4. The molecule has 2 aromatic heterocycles. The Morgan fingerprint density at radius 2 is 1.55 bits per heavy atom. The summed E-state index contributed by atoms with van der Waals surface area (Å²) in [5.41, 5.74) is 0.764. The Balaban J connectivity index is 1.85. The fourth-order valence-electron chi connectivity index (χ4n) is 3.32. The summed E-state index contributed by atoms with van der Waals surface area (Å²) in [5, 5.41) is 0. The van der Waals surface area contributed by atoms with E-state index in [0.717, 1.165) is 12.1 Å². The average molecular weight is 420 g/mol. The lowest BCUT2D eigenvalue weighted by molar-refractivity contribution is 0.121. The van der Waals surface area contributed by atoms with E-state index in [-0.39, 0.29) is 4.90 Å². The molecule has 10 nitrogen and oxygen atoms in total. The van der Waals surface area contributed by atoms with Crippen molar-refractivity contribution in [1.82, 2.24) is 19.9 Å².